The summed E-state index contributed by atoms with van der Waals surface area (Å²) in [5, 5.41) is 5.74. The van der Waals surface area contributed by atoms with Crippen LogP contribution in [0.1, 0.15) is 22.3 Å². The van der Waals surface area contributed by atoms with Gasteiger partial charge < -0.3 is 20.1 Å². The molecule has 0 aliphatic carbocycles. The van der Waals surface area contributed by atoms with Crippen molar-refractivity contribution in [2.75, 3.05) is 26.3 Å². The van der Waals surface area contributed by atoms with Crippen LogP contribution in [-0.2, 0) is 25.7 Å². The third-order valence-corrected chi connectivity index (χ3v) is 5.03. The maximum Gasteiger partial charge on any atom is 0.314 e. The number of benzene rings is 2. The number of halogens is 1. The Labute approximate surface area is 157 Å². The van der Waals surface area contributed by atoms with E-state index in [2.05, 4.69) is 16.7 Å². The van der Waals surface area contributed by atoms with E-state index >= 15 is 0 Å². The van der Waals surface area contributed by atoms with Crippen molar-refractivity contribution in [2.24, 2.45) is 0 Å². The number of hydrogen-bond acceptors (Lipinski definition) is 3. The van der Waals surface area contributed by atoms with Gasteiger partial charge in [0.05, 0.1) is 13.2 Å². The van der Waals surface area contributed by atoms with Gasteiger partial charge in [0.1, 0.15) is 17.3 Å². The molecule has 2 N–H and O–H groups in total. The molecule has 2 aromatic rings. The molecule has 5 nitrogen and oxygen atoms in total. The van der Waals surface area contributed by atoms with E-state index in [4.69, 9.17) is 9.47 Å². The van der Waals surface area contributed by atoms with Crippen LogP contribution in [0.2, 0.25) is 0 Å². The van der Waals surface area contributed by atoms with Crippen molar-refractivity contribution >= 4 is 6.03 Å². The van der Waals surface area contributed by atoms with Crippen molar-refractivity contribution in [3.8, 4) is 11.5 Å². The first-order valence-electron chi connectivity index (χ1n) is 9.40. The van der Waals surface area contributed by atoms with Crippen molar-refractivity contribution in [1.29, 1.82) is 0 Å². The van der Waals surface area contributed by atoms with Gasteiger partial charge in [-0.05, 0) is 36.6 Å². The number of carbonyl (C=O) groups is 1. The average Bonchev–Trinajstić information content (AvgIpc) is 3.32. The second kappa shape index (κ2) is 7.86. The molecule has 2 aliphatic rings. The molecule has 2 aromatic carbocycles. The highest BCUT2D eigenvalue weighted by Gasteiger charge is 2.26. The second-order valence-corrected chi connectivity index (χ2v) is 6.83. The monoisotopic (exact) mass is 370 g/mol. The Morgan fingerprint density at radius 1 is 1.00 bits per heavy atom. The van der Waals surface area contributed by atoms with E-state index in [1.165, 1.54) is 28.8 Å². The van der Waals surface area contributed by atoms with Gasteiger partial charge in [0.25, 0.3) is 0 Å². The molecule has 2 heterocycles. The molecular weight excluding hydrogens is 347 g/mol. The van der Waals surface area contributed by atoms with Gasteiger partial charge in [-0.25, -0.2) is 9.18 Å². The molecule has 0 fully saturated rings. The van der Waals surface area contributed by atoms with E-state index in [1.807, 2.05) is 0 Å². The van der Waals surface area contributed by atoms with E-state index in [-0.39, 0.29) is 11.8 Å². The minimum Gasteiger partial charge on any atom is -0.493 e. The summed E-state index contributed by atoms with van der Waals surface area (Å²) >= 11 is 0. The van der Waals surface area contributed by atoms with Crippen molar-refractivity contribution in [3.05, 3.63) is 58.4 Å². The molecule has 0 aromatic heterocycles. The number of fused-ring (bicyclic) bond motifs is 2. The highest BCUT2D eigenvalue weighted by Crippen LogP contribution is 2.40. The lowest BCUT2D eigenvalue weighted by molar-refractivity contribution is 0.241. The number of urea groups is 1. The van der Waals surface area contributed by atoms with Gasteiger partial charge in [0.15, 0.2) is 0 Å². The molecule has 0 saturated heterocycles. The third kappa shape index (κ3) is 3.99. The fourth-order valence-electron chi connectivity index (χ4n) is 3.68. The van der Waals surface area contributed by atoms with E-state index < -0.39 is 0 Å². The standard InChI is InChI=1S/C21H23FN2O3/c22-16-3-1-14(2-4-16)5-9-23-21(25)24-10-6-18-17-8-12-26-19(17)13-15-7-11-27-20(15)18/h1-4,13H,5-12H2,(H2,23,24,25). The molecule has 0 spiro atoms. The SMILES string of the molecule is O=C(NCCc1ccc(F)cc1)NCCc1c2c(cc3c1OCC3)OCC2. The van der Waals surface area contributed by atoms with Gasteiger partial charge in [-0.15, -0.1) is 0 Å². The van der Waals surface area contributed by atoms with E-state index in [9.17, 15) is 9.18 Å². The molecule has 142 valence electrons. The summed E-state index contributed by atoms with van der Waals surface area (Å²) in [6, 6.07) is 8.22. The molecule has 0 radical (unpaired) electrons. The molecule has 2 amide bonds. The fourth-order valence-corrected chi connectivity index (χ4v) is 3.68. The van der Waals surface area contributed by atoms with Crippen molar-refractivity contribution in [1.82, 2.24) is 10.6 Å². The average molecular weight is 370 g/mol. The Balaban J connectivity index is 1.26. The number of amides is 2. The predicted molar refractivity (Wildman–Crippen MR) is 100 cm³/mol. The van der Waals surface area contributed by atoms with Crippen LogP contribution in [0.25, 0.3) is 0 Å². The number of nitrogens with one attached hydrogen (secondary N) is 2. The van der Waals surface area contributed by atoms with Gasteiger partial charge in [-0.3, -0.25) is 0 Å². The maximum atomic E-state index is 12.9. The van der Waals surface area contributed by atoms with Gasteiger partial charge in [0, 0.05) is 42.6 Å². The zero-order valence-corrected chi connectivity index (χ0v) is 15.1. The Kier molecular flexibility index (Phi) is 5.14. The van der Waals surface area contributed by atoms with Crippen LogP contribution >= 0.6 is 0 Å². The number of carbonyl (C=O) groups excluding carboxylic acids is 1. The maximum absolute atomic E-state index is 12.9. The molecule has 6 heteroatoms. The molecular formula is C21H23FN2O3. The third-order valence-electron chi connectivity index (χ3n) is 5.03. The second-order valence-electron chi connectivity index (χ2n) is 6.83. The zero-order valence-electron chi connectivity index (χ0n) is 15.1. The molecule has 4 rings (SSSR count). The number of rotatable bonds is 6. The Bertz CT molecular complexity index is 804. The Hall–Kier alpha value is -2.76. The first-order valence-corrected chi connectivity index (χ1v) is 9.40. The van der Waals surface area contributed by atoms with Crippen LogP contribution < -0.4 is 20.1 Å². The van der Waals surface area contributed by atoms with Crippen LogP contribution in [0.15, 0.2) is 30.3 Å². The van der Waals surface area contributed by atoms with Crippen LogP contribution in [0.3, 0.4) is 0 Å². The van der Waals surface area contributed by atoms with Crippen LogP contribution in [-0.4, -0.2) is 32.3 Å². The largest absolute Gasteiger partial charge is 0.493 e. The quantitative estimate of drug-likeness (QED) is 0.822. The fraction of sp³-hybridized carbons (Fsp3) is 0.381. The topological polar surface area (TPSA) is 59.6 Å². The van der Waals surface area contributed by atoms with Crippen molar-refractivity contribution < 1.29 is 18.7 Å². The van der Waals surface area contributed by atoms with Gasteiger partial charge in [0.2, 0.25) is 0 Å². The summed E-state index contributed by atoms with van der Waals surface area (Å²) in [6.07, 6.45) is 3.19. The number of ether oxygens (including phenoxy) is 2. The summed E-state index contributed by atoms with van der Waals surface area (Å²) in [5.41, 5.74) is 4.58. The Morgan fingerprint density at radius 3 is 2.56 bits per heavy atom. The van der Waals surface area contributed by atoms with Crippen molar-refractivity contribution in [2.45, 2.75) is 25.7 Å². The molecule has 2 aliphatic heterocycles. The number of hydrogen-bond donors (Lipinski definition) is 2. The first kappa shape index (κ1) is 17.6. The highest BCUT2D eigenvalue weighted by atomic mass is 19.1. The molecule has 0 bridgehead atoms. The van der Waals surface area contributed by atoms with E-state index in [0.717, 1.165) is 36.3 Å². The summed E-state index contributed by atoms with van der Waals surface area (Å²) in [5.74, 6) is 1.70. The van der Waals surface area contributed by atoms with Crippen LogP contribution in [0.5, 0.6) is 11.5 Å². The Morgan fingerprint density at radius 2 is 1.74 bits per heavy atom. The van der Waals surface area contributed by atoms with Crippen LogP contribution in [0.4, 0.5) is 9.18 Å². The highest BCUT2D eigenvalue weighted by molar-refractivity contribution is 5.73. The zero-order chi connectivity index (χ0) is 18.6. The molecule has 0 saturated carbocycles. The van der Waals surface area contributed by atoms with E-state index in [0.29, 0.717) is 32.7 Å². The van der Waals surface area contributed by atoms with Gasteiger partial charge in [-0.2, -0.15) is 0 Å². The van der Waals surface area contributed by atoms with Crippen molar-refractivity contribution in [3.63, 3.8) is 0 Å². The van der Waals surface area contributed by atoms with Gasteiger partial charge >= 0.3 is 6.03 Å². The lowest BCUT2D eigenvalue weighted by atomic mass is 9.97. The smallest absolute Gasteiger partial charge is 0.314 e. The molecule has 27 heavy (non-hydrogen) atoms. The molecule has 0 atom stereocenters. The summed E-state index contributed by atoms with van der Waals surface area (Å²) in [6.45, 7) is 2.46. The first-order chi connectivity index (χ1) is 13.2. The lowest BCUT2D eigenvalue weighted by Crippen LogP contribution is -2.37. The minimum atomic E-state index is -0.252. The minimum absolute atomic E-state index is 0.196. The summed E-state index contributed by atoms with van der Waals surface area (Å²) in [4.78, 5) is 12.0. The van der Waals surface area contributed by atoms with Gasteiger partial charge in [-0.1, -0.05) is 12.1 Å². The summed E-state index contributed by atoms with van der Waals surface area (Å²) < 4.78 is 24.4. The lowest BCUT2D eigenvalue weighted by Gasteiger charge is -2.13. The molecule has 0 unspecified atom stereocenters. The van der Waals surface area contributed by atoms with E-state index in [1.54, 1.807) is 12.1 Å². The summed E-state index contributed by atoms with van der Waals surface area (Å²) in [7, 11) is 0. The predicted octanol–water partition coefficient (Wildman–Crippen LogP) is 2.78. The van der Waals surface area contributed by atoms with Crippen LogP contribution in [0, 0.1) is 5.82 Å². The normalized spacial score (nSPS) is 14.1.